The number of aromatic hydroxyl groups is 1. The summed E-state index contributed by atoms with van der Waals surface area (Å²) in [5, 5.41) is 10.2. The van der Waals surface area contributed by atoms with Crippen LogP contribution in [-0.2, 0) is 9.47 Å². The fraction of sp³-hybridized carbons (Fsp3) is 0.474. The highest BCUT2D eigenvalue weighted by Crippen LogP contribution is 2.30. The van der Waals surface area contributed by atoms with Crippen LogP contribution in [0, 0.1) is 0 Å². The molecule has 29 heavy (non-hydrogen) atoms. The lowest BCUT2D eigenvalue weighted by atomic mass is 10.2. The summed E-state index contributed by atoms with van der Waals surface area (Å²) in [4.78, 5) is 44.6. The van der Waals surface area contributed by atoms with E-state index >= 15 is 0 Å². The lowest BCUT2D eigenvalue weighted by molar-refractivity contribution is 0.0590. The largest absolute Gasteiger partial charge is 0.501 e. The number of carbonyl (C=O) groups excluding carboxylic acids is 2. The molecule has 0 spiro atoms. The van der Waals surface area contributed by atoms with Gasteiger partial charge in [-0.05, 0) is 18.9 Å². The summed E-state index contributed by atoms with van der Waals surface area (Å²) in [6.45, 7) is 6.07. The van der Waals surface area contributed by atoms with E-state index in [0.29, 0.717) is 11.4 Å². The Morgan fingerprint density at radius 2 is 2.00 bits per heavy atom. The molecule has 2 aromatic rings. The normalized spacial score (nSPS) is 13.6. The molecule has 0 unspecified atom stereocenters. The maximum absolute atomic E-state index is 12.8. The minimum absolute atomic E-state index is 0.0590. The van der Waals surface area contributed by atoms with Crippen LogP contribution < -0.4 is 15.4 Å². The van der Waals surface area contributed by atoms with E-state index in [4.69, 9.17) is 4.74 Å². The molecule has 1 saturated heterocycles. The van der Waals surface area contributed by atoms with Gasteiger partial charge in [-0.3, -0.25) is 14.1 Å². The number of rotatable bonds is 7. The van der Waals surface area contributed by atoms with Crippen molar-refractivity contribution in [1.82, 2.24) is 9.38 Å². The fourth-order valence-electron chi connectivity index (χ4n) is 3.33. The van der Waals surface area contributed by atoms with Crippen molar-refractivity contribution in [3.63, 3.8) is 0 Å². The van der Waals surface area contributed by atoms with E-state index in [1.54, 1.807) is 12.3 Å². The number of nitrogens with zero attached hydrogens (tertiary/aromatic N) is 4. The highest BCUT2D eigenvalue weighted by molar-refractivity contribution is 5.96. The van der Waals surface area contributed by atoms with Gasteiger partial charge in [0.05, 0.1) is 25.0 Å². The second-order valence-electron chi connectivity index (χ2n) is 6.64. The van der Waals surface area contributed by atoms with E-state index < -0.39 is 29.1 Å². The molecular formula is C19H24N4O6. The molecule has 0 bridgehead atoms. The van der Waals surface area contributed by atoms with Crippen molar-refractivity contribution >= 4 is 29.1 Å². The summed E-state index contributed by atoms with van der Waals surface area (Å²) in [6.07, 6.45) is 2.77. The molecule has 1 aliphatic rings. The smallest absolute Gasteiger partial charge is 0.414 e. The number of cyclic esters (lactones) is 1. The van der Waals surface area contributed by atoms with Gasteiger partial charge in [0.15, 0.2) is 11.3 Å². The molecule has 10 nitrogen and oxygen atoms in total. The van der Waals surface area contributed by atoms with Crippen molar-refractivity contribution in [2.45, 2.75) is 26.7 Å². The van der Waals surface area contributed by atoms with E-state index in [2.05, 4.69) is 14.6 Å². The average molecular weight is 404 g/mol. The van der Waals surface area contributed by atoms with Gasteiger partial charge in [0, 0.05) is 19.3 Å². The fourth-order valence-corrected chi connectivity index (χ4v) is 3.33. The minimum Gasteiger partial charge on any atom is -0.501 e. The van der Waals surface area contributed by atoms with Gasteiger partial charge < -0.3 is 19.5 Å². The number of pyridine rings is 1. The monoisotopic (exact) mass is 404 g/mol. The molecule has 1 amide bonds. The van der Waals surface area contributed by atoms with Crippen LogP contribution in [0.15, 0.2) is 17.1 Å². The molecule has 3 rings (SSSR count). The highest BCUT2D eigenvalue weighted by Gasteiger charge is 2.29. The zero-order valence-corrected chi connectivity index (χ0v) is 16.7. The number of anilines is 2. The van der Waals surface area contributed by atoms with Crippen molar-refractivity contribution in [3.05, 3.63) is 28.3 Å². The quantitative estimate of drug-likeness (QED) is 0.695. The van der Waals surface area contributed by atoms with Gasteiger partial charge in [0.25, 0.3) is 0 Å². The van der Waals surface area contributed by atoms with Gasteiger partial charge >= 0.3 is 17.6 Å². The Morgan fingerprint density at radius 3 is 2.55 bits per heavy atom. The molecule has 0 atom stereocenters. The van der Waals surface area contributed by atoms with Crippen molar-refractivity contribution in [2.24, 2.45) is 0 Å². The summed E-state index contributed by atoms with van der Waals surface area (Å²) < 4.78 is 10.8. The molecule has 156 valence electrons. The number of carbonyl (C=O) groups is 2. The maximum Gasteiger partial charge on any atom is 0.414 e. The standard InChI is InChI=1S/C19H24N4O6/c1-4-6-21(7-5-2)12-10-13(22-8-9-29-19(22)27)16-20-14(18(26)28-3)15(24)17(25)23(16)11-12/h10-11,24H,4-9H2,1-3H3. The minimum atomic E-state index is -0.945. The van der Waals surface area contributed by atoms with Crippen LogP contribution >= 0.6 is 0 Å². The number of aromatic nitrogens is 2. The molecular weight excluding hydrogens is 380 g/mol. The van der Waals surface area contributed by atoms with E-state index in [0.717, 1.165) is 37.4 Å². The van der Waals surface area contributed by atoms with Crippen molar-refractivity contribution in [3.8, 4) is 5.75 Å². The lowest BCUT2D eigenvalue weighted by Gasteiger charge is -2.26. The Labute approximate surface area is 167 Å². The molecule has 0 radical (unpaired) electrons. The zero-order valence-electron chi connectivity index (χ0n) is 16.7. The maximum atomic E-state index is 12.8. The van der Waals surface area contributed by atoms with Gasteiger partial charge in [-0.15, -0.1) is 0 Å². The second-order valence-corrected chi connectivity index (χ2v) is 6.64. The summed E-state index contributed by atoms with van der Waals surface area (Å²) >= 11 is 0. The lowest BCUT2D eigenvalue weighted by Crippen LogP contribution is -2.30. The Morgan fingerprint density at radius 1 is 1.31 bits per heavy atom. The Kier molecular flexibility index (Phi) is 5.90. The molecule has 10 heteroatoms. The van der Waals surface area contributed by atoms with Crippen molar-refractivity contribution in [1.29, 1.82) is 0 Å². The third kappa shape index (κ3) is 3.69. The van der Waals surface area contributed by atoms with Crippen LogP contribution in [0.5, 0.6) is 5.75 Å². The average Bonchev–Trinajstić information content (AvgIpc) is 3.15. The van der Waals surface area contributed by atoms with E-state index in [1.165, 1.54) is 4.90 Å². The first-order valence-electron chi connectivity index (χ1n) is 9.49. The summed E-state index contributed by atoms with van der Waals surface area (Å²) in [5.74, 6) is -1.75. The van der Waals surface area contributed by atoms with E-state index in [1.807, 2.05) is 13.8 Å². The van der Waals surface area contributed by atoms with Crippen LogP contribution in [0.2, 0.25) is 0 Å². The number of ether oxygens (including phenoxy) is 2. The predicted octanol–water partition coefficient (Wildman–Crippen LogP) is 1.77. The van der Waals surface area contributed by atoms with Crippen molar-refractivity contribution < 1.29 is 24.2 Å². The molecule has 3 heterocycles. The number of esters is 1. The van der Waals surface area contributed by atoms with Crippen LogP contribution in [0.25, 0.3) is 5.65 Å². The number of fused-ring (bicyclic) bond motifs is 1. The first kappa shape index (κ1) is 20.4. The molecule has 0 aromatic carbocycles. The Balaban J connectivity index is 2.32. The van der Waals surface area contributed by atoms with Crippen LogP contribution in [-0.4, -0.2) is 59.9 Å². The summed E-state index contributed by atoms with van der Waals surface area (Å²) in [7, 11) is 1.13. The topological polar surface area (TPSA) is 114 Å². The van der Waals surface area contributed by atoms with Gasteiger partial charge in [0.1, 0.15) is 6.61 Å². The first-order chi connectivity index (χ1) is 13.9. The molecule has 1 N–H and O–H groups in total. The molecule has 1 aliphatic heterocycles. The van der Waals surface area contributed by atoms with Gasteiger partial charge in [-0.25, -0.2) is 14.6 Å². The van der Waals surface area contributed by atoms with Crippen LogP contribution in [0.1, 0.15) is 37.2 Å². The number of methoxy groups -OCH3 is 1. The molecule has 1 fully saturated rings. The highest BCUT2D eigenvalue weighted by atomic mass is 16.6. The number of amides is 1. The Bertz CT molecular complexity index is 996. The zero-order chi connectivity index (χ0) is 21.1. The Hall–Kier alpha value is -3.30. The number of hydrogen-bond donors (Lipinski definition) is 1. The summed E-state index contributed by atoms with van der Waals surface area (Å²) in [5.41, 5.74) is -0.240. The second kappa shape index (κ2) is 8.38. The summed E-state index contributed by atoms with van der Waals surface area (Å²) in [6, 6.07) is 1.75. The van der Waals surface area contributed by atoms with Gasteiger partial charge in [-0.1, -0.05) is 13.8 Å². The van der Waals surface area contributed by atoms with Crippen molar-refractivity contribution in [2.75, 3.05) is 43.2 Å². The predicted molar refractivity (Wildman–Crippen MR) is 106 cm³/mol. The first-order valence-corrected chi connectivity index (χ1v) is 9.49. The van der Waals surface area contributed by atoms with Crippen LogP contribution in [0.3, 0.4) is 0 Å². The van der Waals surface area contributed by atoms with E-state index in [-0.39, 0.29) is 18.8 Å². The third-order valence-corrected chi connectivity index (χ3v) is 4.65. The van der Waals surface area contributed by atoms with Gasteiger partial charge in [-0.2, -0.15) is 0 Å². The third-order valence-electron chi connectivity index (χ3n) is 4.65. The number of hydrogen-bond acceptors (Lipinski definition) is 8. The molecule has 2 aromatic heterocycles. The van der Waals surface area contributed by atoms with E-state index in [9.17, 15) is 19.5 Å². The van der Waals surface area contributed by atoms with Gasteiger partial charge in [0.2, 0.25) is 5.75 Å². The molecule has 0 saturated carbocycles. The van der Waals surface area contributed by atoms with Crippen LogP contribution in [0.4, 0.5) is 16.2 Å². The SMILES string of the molecule is CCCN(CCC)c1cc(N2CCOC2=O)c2nc(C(=O)OC)c(O)c(=O)n2c1. The molecule has 0 aliphatic carbocycles.